The number of carbonyl (C=O) groups excluding carboxylic acids is 2. The molecular formula is C19H17F3N2O3. The second kappa shape index (κ2) is 7.30. The van der Waals surface area contributed by atoms with Gasteiger partial charge in [-0.3, -0.25) is 9.69 Å². The number of carbonyl (C=O) groups is 2. The molecule has 0 aliphatic carbocycles. The number of hydrogen-bond donors (Lipinski definition) is 1. The molecule has 1 heterocycles. The minimum atomic E-state index is -3.02. The quantitative estimate of drug-likeness (QED) is 0.779. The van der Waals surface area contributed by atoms with E-state index in [9.17, 15) is 22.8 Å². The highest BCUT2D eigenvalue weighted by Crippen LogP contribution is 2.34. The van der Waals surface area contributed by atoms with Crippen LogP contribution in [-0.2, 0) is 16.9 Å². The molecule has 1 fully saturated rings. The van der Waals surface area contributed by atoms with Crippen LogP contribution in [0.15, 0.2) is 48.5 Å². The molecule has 0 spiro atoms. The van der Waals surface area contributed by atoms with E-state index < -0.39 is 29.9 Å². The molecule has 0 bridgehead atoms. The van der Waals surface area contributed by atoms with E-state index in [0.29, 0.717) is 5.56 Å². The van der Waals surface area contributed by atoms with Gasteiger partial charge < -0.3 is 10.1 Å². The molecule has 0 radical (unpaired) electrons. The molecule has 1 saturated heterocycles. The first-order chi connectivity index (χ1) is 12.9. The van der Waals surface area contributed by atoms with Crippen molar-refractivity contribution in [1.29, 1.82) is 0 Å². The van der Waals surface area contributed by atoms with E-state index in [1.54, 1.807) is 13.0 Å². The number of para-hydroxylation sites is 1. The van der Waals surface area contributed by atoms with Crippen LogP contribution in [0.3, 0.4) is 0 Å². The predicted octanol–water partition coefficient (Wildman–Crippen LogP) is 3.78. The summed E-state index contributed by atoms with van der Waals surface area (Å²) < 4.78 is 42.9. The van der Waals surface area contributed by atoms with Crippen molar-refractivity contribution in [3.8, 4) is 5.75 Å². The second-order valence-corrected chi connectivity index (χ2v) is 6.07. The summed E-state index contributed by atoms with van der Waals surface area (Å²) in [4.78, 5) is 26.5. The molecule has 3 rings (SSSR count). The van der Waals surface area contributed by atoms with Gasteiger partial charge in [-0.05, 0) is 30.2 Å². The number of benzene rings is 2. The third kappa shape index (κ3) is 3.47. The summed E-state index contributed by atoms with van der Waals surface area (Å²) in [6.07, 6.45) is 0.245. The molecular weight excluding hydrogens is 361 g/mol. The first kappa shape index (κ1) is 18.8. The van der Waals surface area contributed by atoms with Crippen LogP contribution >= 0.6 is 0 Å². The lowest BCUT2D eigenvalue weighted by molar-refractivity contribution is -0.132. The first-order valence-corrected chi connectivity index (χ1v) is 8.30. The Balaban J connectivity index is 1.92. The Morgan fingerprint density at radius 2 is 1.78 bits per heavy atom. The number of nitrogens with one attached hydrogen (secondary N) is 1. The second-order valence-electron chi connectivity index (χ2n) is 6.07. The molecule has 0 aromatic heterocycles. The van der Waals surface area contributed by atoms with Crippen LogP contribution in [0.25, 0.3) is 0 Å². The van der Waals surface area contributed by atoms with Crippen LogP contribution in [0.2, 0.25) is 0 Å². The summed E-state index contributed by atoms with van der Waals surface area (Å²) in [5.74, 6) is -1.10. The number of ether oxygens (including phenoxy) is 1. The van der Waals surface area contributed by atoms with Gasteiger partial charge in [0.15, 0.2) is 0 Å². The first-order valence-electron chi connectivity index (χ1n) is 8.30. The normalized spacial score (nSPS) is 19.5. The minimum Gasteiger partial charge on any atom is -0.434 e. The van der Waals surface area contributed by atoms with Crippen LogP contribution in [0.1, 0.15) is 24.5 Å². The third-order valence-corrected chi connectivity index (χ3v) is 4.56. The molecule has 0 saturated carbocycles. The maximum atomic E-state index is 13.2. The largest absolute Gasteiger partial charge is 0.434 e. The molecule has 1 aliphatic rings. The summed E-state index contributed by atoms with van der Waals surface area (Å²) in [5.41, 5.74) is -0.611. The zero-order valence-electron chi connectivity index (χ0n) is 14.4. The Bertz CT molecular complexity index is 858. The van der Waals surface area contributed by atoms with Gasteiger partial charge in [0.05, 0.1) is 6.54 Å². The number of halogens is 3. The van der Waals surface area contributed by atoms with Gasteiger partial charge in [-0.1, -0.05) is 37.3 Å². The molecule has 1 aliphatic heterocycles. The lowest BCUT2D eigenvalue weighted by Crippen LogP contribution is -2.43. The van der Waals surface area contributed by atoms with Gasteiger partial charge >= 0.3 is 12.6 Å². The van der Waals surface area contributed by atoms with E-state index in [4.69, 9.17) is 0 Å². The molecule has 1 N–H and O–H groups in total. The van der Waals surface area contributed by atoms with Crippen molar-refractivity contribution < 1.29 is 27.5 Å². The zero-order valence-corrected chi connectivity index (χ0v) is 14.4. The SMILES string of the molecule is CCC1(c2ccc(F)cc2)NC(=O)N(Cc2ccccc2OC(F)F)C1=O. The van der Waals surface area contributed by atoms with Crippen LogP contribution in [-0.4, -0.2) is 23.4 Å². The van der Waals surface area contributed by atoms with E-state index in [2.05, 4.69) is 10.1 Å². The Morgan fingerprint density at radius 1 is 1.11 bits per heavy atom. The molecule has 2 aromatic carbocycles. The fourth-order valence-electron chi connectivity index (χ4n) is 3.16. The number of nitrogens with zero attached hydrogens (tertiary/aromatic N) is 1. The van der Waals surface area contributed by atoms with Crippen molar-refractivity contribution in [2.75, 3.05) is 0 Å². The van der Waals surface area contributed by atoms with Crippen molar-refractivity contribution in [3.05, 3.63) is 65.5 Å². The van der Waals surface area contributed by atoms with Gasteiger partial charge in [0.25, 0.3) is 5.91 Å². The number of rotatable bonds is 6. The lowest BCUT2D eigenvalue weighted by atomic mass is 9.87. The standard InChI is InChI=1S/C19H17F3N2O3/c1-2-19(13-7-9-14(20)10-8-13)16(25)24(18(26)23-19)11-12-5-3-4-6-15(12)27-17(21)22/h3-10,17H,2,11H2,1H3,(H,23,26). The van der Waals surface area contributed by atoms with Gasteiger partial charge in [0.2, 0.25) is 0 Å². The predicted molar refractivity (Wildman–Crippen MR) is 90.5 cm³/mol. The van der Waals surface area contributed by atoms with Gasteiger partial charge in [-0.15, -0.1) is 0 Å². The summed E-state index contributed by atoms with van der Waals surface area (Å²) in [6.45, 7) is -1.53. The Kier molecular flexibility index (Phi) is 5.07. The smallest absolute Gasteiger partial charge is 0.387 e. The monoisotopic (exact) mass is 378 g/mol. The lowest BCUT2D eigenvalue weighted by Gasteiger charge is -2.26. The molecule has 1 unspecified atom stereocenters. The van der Waals surface area contributed by atoms with Crippen molar-refractivity contribution >= 4 is 11.9 Å². The molecule has 3 amide bonds. The summed E-state index contributed by atoms with van der Waals surface area (Å²) in [5, 5.41) is 2.66. The van der Waals surface area contributed by atoms with Crippen molar-refractivity contribution in [2.24, 2.45) is 0 Å². The molecule has 5 nitrogen and oxygen atoms in total. The van der Waals surface area contributed by atoms with Crippen molar-refractivity contribution in [3.63, 3.8) is 0 Å². The van der Waals surface area contributed by atoms with Crippen LogP contribution in [0.4, 0.5) is 18.0 Å². The van der Waals surface area contributed by atoms with Crippen molar-refractivity contribution in [2.45, 2.75) is 32.0 Å². The molecule has 2 aromatic rings. The fourth-order valence-corrected chi connectivity index (χ4v) is 3.16. The zero-order chi connectivity index (χ0) is 19.6. The van der Waals surface area contributed by atoms with Gasteiger partial charge in [-0.2, -0.15) is 8.78 Å². The number of alkyl halides is 2. The highest BCUT2D eigenvalue weighted by atomic mass is 19.3. The average molecular weight is 378 g/mol. The van der Waals surface area contributed by atoms with Crippen molar-refractivity contribution in [1.82, 2.24) is 10.2 Å². The van der Waals surface area contributed by atoms with E-state index in [0.717, 1.165) is 4.90 Å². The van der Waals surface area contributed by atoms with Crippen LogP contribution < -0.4 is 10.1 Å². The average Bonchev–Trinajstić information content (AvgIpc) is 2.88. The maximum Gasteiger partial charge on any atom is 0.387 e. The maximum absolute atomic E-state index is 13.2. The van der Waals surface area contributed by atoms with E-state index in [1.165, 1.54) is 42.5 Å². The van der Waals surface area contributed by atoms with Gasteiger partial charge in [-0.25, -0.2) is 9.18 Å². The summed E-state index contributed by atoms with van der Waals surface area (Å²) >= 11 is 0. The molecule has 8 heteroatoms. The highest BCUT2D eigenvalue weighted by molar-refractivity contribution is 6.07. The third-order valence-electron chi connectivity index (χ3n) is 4.56. The Labute approximate surface area is 153 Å². The van der Waals surface area contributed by atoms with Gasteiger partial charge in [0.1, 0.15) is 17.1 Å². The number of hydrogen-bond acceptors (Lipinski definition) is 3. The summed E-state index contributed by atoms with van der Waals surface area (Å²) in [6, 6.07) is 10.6. The van der Waals surface area contributed by atoms with E-state index in [1.807, 2.05) is 0 Å². The molecule has 142 valence electrons. The van der Waals surface area contributed by atoms with Gasteiger partial charge in [0, 0.05) is 5.56 Å². The molecule has 1 atom stereocenters. The number of imide groups is 1. The van der Waals surface area contributed by atoms with E-state index >= 15 is 0 Å². The Hall–Kier alpha value is -3.03. The Morgan fingerprint density at radius 3 is 2.41 bits per heavy atom. The highest BCUT2D eigenvalue weighted by Gasteiger charge is 2.51. The van der Waals surface area contributed by atoms with Crippen LogP contribution in [0, 0.1) is 5.82 Å². The summed E-state index contributed by atoms with van der Waals surface area (Å²) in [7, 11) is 0. The van der Waals surface area contributed by atoms with Crippen LogP contribution in [0.5, 0.6) is 5.75 Å². The minimum absolute atomic E-state index is 0.108. The topological polar surface area (TPSA) is 58.6 Å². The van der Waals surface area contributed by atoms with E-state index in [-0.39, 0.29) is 24.3 Å². The number of urea groups is 1. The fraction of sp³-hybridized carbons (Fsp3) is 0.263. The number of amides is 3. The molecule has 27 heavy (non-hydrogen) atoms.